The SMILES string of the molecule is CCCCCCCCC(CCC(C)C)OC(CCCCCCCC)CCC(C)C. The lowest BCUT2D eigenvalue weighted by Gasteiger charge is -2.26. The van der Waals surface area contributed by atoms with Crippen molar-refractivity contribution in [2.24, 2.45) is 11.8 Å². The highest BCUT2D eigenvalue weighted by atomic mass is 16.5. The molecule has 0 aromatic rings. The molecule has 0 heterocycles. The van der Waals surface area contributed by atoms with Crippen LogP contribution in [0.15, 0.2) is 0 Å². The van der Waals surface area contributed by atoms with Crippen molar-refractivity contribution in [3.8, 4) is 0 Å². The van der Waals surface area contributed by atoms with Crippen molar-refractivity contribution in [1.29, 1.82) is 0 Å². The van der Waals surface area contributed by atoms with Crippen molar-refractivity contribution in [2.45, 2.75) is 169 Å². The Balaban J connectivity index is 4.44. The van der Waals surface area contributed by atoms with Crippen molar-refractivity contribution >= 4 is 0 Å². The van der Waals surface area contributed by atoms with Gasteiger partial charge in [0.2, 0.25) is 0 Å². The van der Waals surface area contributed by atoms with Crippen LogP contribution in [0.4, 0.5) is 0 Å². The van der Waals surface area contributed by atoms with Gasteiger partial charge in [-0.25, -0.2) is 0 Å². The van der Waals surface area contributed by atoms with Gasteiger partial charge in [-0.15, -0.1) is 0 Å². The van der Waals surface area contributed by atoms with E-state index in [1.165, 1.54) is 116 Å². The molecule has 2 unspecified atom stereocenters. The summed E-state index contributed by atoms with van der Waals surface area (Å²) in [6.45, 7) is 14.0. The van der Waals surface area contributed by atoms with Crippen LogP contribution in [0.25, 0.3) is 0 Å². The van der Waals surface area contributed by atoms with Crippen LogP contribution in [0, 0.1) is 11.8 Å². The van der Waals surface area contributed by atoms with E-state index >= 15 is 0 Å². The topological polar surface area (TPSA) is 9.23 Å². The second-order valence-corrected chi connectivity index (χ2v) is 10.4. The van der Waals surface area contributed by atoms with Gasteiger partial charge in [0, 0.05) is 0 Å². The van der Waals surface area contributed by atoms with Crippen LogP contribution in [0.2, 0.25) is 0 Å². The van der Waals surface area contributed by atoms with Crippen molar-refractivity contribution in [2.75, 3.05) is 0 Å². The predicted molar refractivity (Wildman–Crippen MR) is 133 cm³/mol. The fourth-order valence-corrected chi connectivity index (χ4v) is 4.18. The molecule has 0 aromatic carbocycles. The average Bonchev–Trinajstić information content (AvgIpc) is 2.68. The molecule has 0 amide bonds. The predicted octanol–water partition coefficient (Wildman–Crippen LogP) is 10.1. The fourth-order valence-electron chi connectivity index (χ4n) is 4.18. The van der Waals surface area contributed by atoms with Crippen molar-refractivity contribution < 1.29 is 4.74 Å². The molecule has 0 aliphatic rings. The van der Waals surface area contributed by atoms with Gasteiger partial charge in [-0.3, -0.25) is 0 Å². The number of hydrogen-bond donors (Lipinski definition) is 0. The largest absolute Gasteiger partial charge is 0.375 e. The Hall–Kier alpha value is -0.0400. The maximum atomic E-state index is 6.81. The molecule has 0 aliphatic heterocycles. The van der Waals surface area contributed by atoms with Crippen molar-refractivity contribution in [3.63, 3.8) is 0 Å². The highest BCUT2D eigenvalue weighted by molar-refractivity contribution is 4.68. The standard InChI is InChI=1S/C28H58O/c1-7-9-11-13-15-17-19-27(23-21-25(3)4)29-28(24-22-26(5)6)20-18-16-14-12-10-8-2/h25-28H,7-24H2,1-6H3. The molecule has 29 heavy (non-hydrogen) atoms. The molecule has 176 valence electrons. The maximum absolute atomic E-state index is 6.81. The first-order valence-electron chi connectivity index (χ1n) is 13.6. The lowest BCUT2D eigenvalue weighted by Crippen LogP contribution is -2.23. The summed E-state index contributed by atoms with van der Waals surface area (Å²) in [5.74, 6) is 1.58. The molecule has 0 saturated heterocycles. The van der Waals surface area contributed by atoms with Crippen LogP contribution in [-0.2, 0) is 4.74 Å². The minimum absolute atomic E-state index is 0.501. The average molecular weight is 411 g/mol. The summed E-state index contributed by atoms with van der Waals surface area (Å²) in [5.41, 5.74) is 0. The van der Waals surface area contributed by atoms with Gasteiger partial charge in [0.05, 0.1) is 12.2 Å². The molecule has 0 saturated carbocycles. The molecule has 0 bridgehead atoms. The van der Waals surface area contributed by atoms with Gasteiger partial charge in [0.1, 0.15) is 0 Å². The summed E-state index contributed by atoms with van der Waals surface area (Å²) in [6, 6.07) is 0. The normalized spacial score (nSPS) is 14.1. The van der Waals surface area contributed by atoms with Crippen molar-refractivity contribution in [1.82, 2.24) is 0 Å². The maximum Gasteiger partial charge on any atom is 0.0579 e. The fraction of sp³-hybridized carbons (Fsp3) is 1.00. The van der Waals surface area contributed by atoms with Gasteiger partial charge in [-0.05, 0) is 50.4 Å². The zero-order chi connectivity index (χ0) is 21.7. The van der Waals surface area contributed by atoms with E-state index < -0.39 is 0 Å². The molecule has 0 rings (SSSR count). The Morgan fingerprint density at radius 3 is 1.10 bits per heavy atom. The molecule has 1 nitrogen and oxygen atoms in total. The van der Waals surface area contributed by atoms with Crippen LogP contribution < -0.4 is 0 Å². The lowest BCUT2D eigenvalue weighted by molar-refractivity contribution is -0.0345. The molecule has 1 heteroatoms. The summed E-state index contributed by atoms with van der Waals surface area (Å²) in [4.78, 5) is 0. The first-order chi connectivity index (χ1) is 14.0. The summed E-state index contributed by atoms with van der Waals surface area (Å²) >= 11 is 0. The highest BCUT2D eigenvalue weighted by Gasteiger charge is 2.17. The monoisotopic (exact) mass is 410 g/mol. The Bertz CT molecular complexity index is 279. The second-order valence-electron chi connectivity index (χ2n) is 10.4. The Kier molecular flexibility index (Phi) is 21.2. The molecule has 0 spiro atoms. The molecular formula is C28H58O. The number of ether oxygens (including phenoxy) is 1. The zero-order valence-corrected chi connectivity index (χ0v) is 21.4. The van der Waals surface area contributed by atoms with Crippen LogP contribution in [0.1, 0.15) is 157 Å². The molecule has 0 radical (unpaired) electrons. The third kappa shape index (κ3) is 21.0. The van der Waals surface area contributed by atoms with E-state index in [1.54, 1.807) is 0 Å². The van der Waals surface area contributed by atoms with Crippen LogP contribution in [-0.4, -0.2) is 12.2 Å². The first-order valence-corrected chi connectivity index (χ1v) is 13.6. The molecule has 0 aliphatic carbocycles. The number of rotatable bonds is 22. The van der Waals surface area contributed by atoms with Gasteiger partial charge < -0.3 is 4.74 Å². The van der Waals surface area contributed by atoms with E-state index in [-0.39, 0.29) is 0 Å². The Labute approximate surface area is 186 Å². The highest BCUT2D eigenvalue weighted by Crippen LogP contribution is 2.23. The smallest absolute Gasteiger partial charge is 0.0579 e. The molecule has 0 fully saturated rings. The molecular weight excluding hydrogens is 352 g/mol. The zero-order valence-electron chi connectivity index (χ0n) is 21.4. The van der Waals surface area contributed by atoms with Gasteiger partial charge in [-0.1, -0.05) is 119 Å². The van der Waals surface area contributed by atoms with E-state index in [1.807, 2.05) is 0 Å². The Morgan fingerprint density at radius 1 is 0.414 bits per heavy atom. The molecule has 0 aromatic heterocycles. The summed E-state index contributed by atoms with van der Waals surface area (Å²) in [7, 11) is 0. The minimum Gasteiger partial charge on any atom is -0.375 e. The van der Waals surface area contributed by atoms with Crippen LogP contribution in [0.5, 0.6) is 0 Å². The van der Waals surface area contributed by atoms with E-state index in [9.17, 15) is 0 Å². The lowest BCUT2D eigenvalue weighted by atomic mass is 9.97. The minimum atomic E-state index is 0.501. The van der Waals surface area contributed by atoms with Gasteiger partial charge in [0.15, 0.2) is 0 Å². The van der Waals surface area contributed by atoms with Gasteiger partial charge in [0.25, 0.3) is 0 Å². The third-order valence-electron chi connectivity index (χ3n) is 6.28. The second kappa shape index (κ2) is 21.2. The van der Waals surface area contributed by atoms with E-state index in [0.717, 1.165) is 11.8 Å². The quantitative estimate of drug-likeness (QED) is 0.161. The van der Waals surface area contributed by atoms with E-state index in [0.29, 0.717) is 12.2 Å². The number of unbranched alkanes of at least 4 members (excludes halogenated alkanes) is 10. The Morgan fingerprint density at radius 2 is 0.759 bits per heavy atom. The summed E-state index contributed by atoms with van der Waals surface area (Å²) in [5, 5.41) is 0. The molecule has 0 N–H and O–H groups in total. The van der Waals surface area contributed by atoms with E-state index in [2.05, 4.69) is 41.5 Å². The summed E-state index contributed by atoms with van der Waals surface area (Å²) in [6.07, 6.45) is 25.4. The number of hydrogen-bond acceptors (Lipinski definition) is 1. The first kappa shape index (κ1) is 29.0. The third-order valence-corrected chi connectivity index (χ3v) is 6.28. The van der Waals surface area contributed by atoms with Gasteiger partial charge >= 0.3 is 0 Å². The van der Waals surface area contributed by atoms with E-state index in [4.69, 9.17) is 4.74 Å². The van der Waals surface area contributed by atoms with Crippen LogP contribution in [0.3, 0.4) is 0 Å². The summed E-state index contributed by atoms with van der Waals surface area (Å²) < 4.78 is 6.81. The van der Waals surface area contributed by atoms with Crippen molar-refractivity contribution in [3.05, 3.63) is 0 Å². The van der Waals surface area contributed by atoms with Gasteiger partial charge in [-0.2, -0.15) is 0 Å². The molecule has 2 atom stereocenters. The van der Waals surface area contributed by atoms with Crippen LogP contribution >= 0.6 is 0 Å².